The molecule has 0 spiro atoms. The van der Waals surface area contributed by atoms with Gasteiger partial charge in [0.15, 0.2) is 11.4 Å². The van der Waals surface area contributed by atoms with E-state index in [-0.39, 0.29) is 18.7 Å². The van der Waals surface area contributed by atoms with Crippen molar-refractivity contribution in [3.8, 4) is 0 Å². The fourth-order valence-corrected chi connectivity index (χ4v) is 4.88. The summed E-state index contributed by atoms with van der Waals surface area (Å²) in [6.45, 7) is 2.32. The van der Waals surface area contributed by atoms with Gasteiger partial charge >= 0.3 is 0 Å². The zero-order valence-corrected chi connectivity index (χ0v) is 19.5. The fourth-order valence-electron chi connectivity index (χ4n) is 4.71. The third kappa shape index (κ3) is 3.79. The topological polar surface area (TPSA) is 57.6 Å². The number of amides is 1. The van der Waals surface area contributed by atoms with Crippen LogP contribution in [0, 0.1) is 0 Å². The Balaban J connectivity index is 1.52. The number of benzene rings is 4. The van der Waals surface area contributed by atoms with Gasteiger partial charge in [-0.05, 0) is 46.5 Å². The van der Waals surface area contributed by atoms with E-state index < -0.39 is 11.5 Å². The summed E-state index contributed by atoms with van der Waals surface area (Å²) in [6.07, 6.45) is 0.516. The molecule has 4 aromatic carbocycles. The first-order chi connectivity index (χ1) is 16.4. The van der Waals surface area contributed by atoms with E-state index >= 15 is 0 Å². The highest BCUT2D eigenvalue weighted by Gasteiger charge is 2.51. The molecule has 0 radical (unpaired) electrons. The smallest absolute Gasteiger partial charge is 0.264 e. The molecule has 0 bridgehead atoms. The summed E-state index contributed by atoms with van der Waals surface area (Å²) in [5.41, 5.74) is 1.49. The molecule has 1 heterocycles. The van der Waals surface area contributed by atoms with Crippen molar-refractivity contribution >= 4 is 39.8 Å². The lowest BCUT2D eigenvalue weighted by atomic mass is 9.88. The van der Waals surface area contributed by atoms with E-state index in [0.29, 0.717) is 21.8 Å². The van der Waals surface area contributed by atoms with Crippen LogP contribution in [0.3, 0.4) is 0 Å². The lowest BCUT2D eigenvalue weighted by Crippen LogP contribution is -2.41. The molecule has 4 nitrogen and oxygen atoms in total. The summed E-state index contributed by atoms with van der Waals surface area (Å²) in [5, 5.41) is 14.2. The van der Waals surface area contributed by atoms with Crippen LogP contribution in [0.4, 0.5) is 5.69 Å². The van der Waals surface area contributed by atoms with Gasteiger partial charge in [0, 0.05) is 16.1 Å². The van der Waals surface area contributed by atoms with Crippen molar-refractivity contribution in [2.75, 3.05) is 4.90 Å². The second-order valence-electron chi connectivity index (χ2n) is 8.70. The molecule has 1 amide bonds. The van der Waals surface area contributed by atoms with Gasteiger partial charge in [0.25, 0.3) is 5.91 Å². The highest BCUT2D eigenvalue weighted by molar-refractivity contribution is 6.31. The highest BCUT2D eigenvalue weighted by Crippen LogP contribution is 2.45. The fraction of sp³-hybridized carbons (Fsp3) is 0.172. The summed E-state index contributed by atoms with van der Waals surface area (Å²) in [6, 6.07) is 26.2. The van der Waals surface area contributed by atoms with Gasteiger partial charge in [-0.2, -0.15) is 0 Å². The minimum atomic E-state index is -1.98. The van der Waals surface area contributed by atoms with Crippen LogP contribution in [0.1, 0.15) is 40.4 Å². The van der Waals surface area contributed by atoms with Crippen molar-refractivity contribution in [1.29, 1.82) is 0 Å². The zero-order valence-electron chi connectivity index (χ0n) is 18.8. The summed E-state index contributed by atoms with van der Waals surface area (Å²) >= 11 is 6.25. The summed E-state index contributed by atoms with van der Waals surface area (Å²) in [7, 11) is 0. The number of Topliss-reactive ketones (excluding diaryl/α,β-unsaturated/α-hetero) is 1. The van der Waals surface area contributed by atoms with E-state index in [9.17, 15) is 14.7 Å². The van der Waals surface area contributed by atoms with Gasteiger partial charge < -0.3 is 10.0 Å². The number of carbonyl (C=O) groups excluding carboxylic acids is 2. The number of nitrogens with zero attached hydrogens (tertiary/aromatic N) is 1. The van der Waals surface area contributed by atoms with Crippen LogP contribution in [0.25, 0.3) is 10.8 Å². The summed E-state index contributed by atoms with van der Waals surface area (Å²) < 4.78 is 0. The van der Waals surface area contributed by atoms with Gasteiger partial charge in [0.1, 0.15) is 0 Å². The van der Waals surface area contributed by atoms with E-state index in [1.54, 1.807) is 35.2 Å². The third-order valence-corrected chi connectivity index (χ3v) is 6.84. The van der Waals surface area contributed by atoms with Crippen molar-refractivity contribution < 1.29 is 14.7 Å². The van der Waals surface area contributed by atoms with Crippen molar-refractivity contribution in [2.45, 2.75) is 31.9 Å². The lowest BCUT2D eigenvalue weighted by Gasteiger charge is -2.23. The lowest BCUT2D eigenvalue weighted by molar-refractivity contribution is -0.136. The maximum absolute atomic E-state index is 13.7. The van der Waals surface area contributed by atoms with Crippen LogP contribution < -0.4 is 4.90 Å². The molecule has 5 rings (SSSR count). The van der Waals surface area contributed by atoms with Gasteiger partial charge in [0.2, 0.25) is 0 Å². The molecular formula is C29H24ClNO3. The molecule has 0 aromatic heterocycles. The number of hydrogen-bond donors (Lipinski definition) is 1. The Morgan fingerprint density at radius 2 is 1.71 bits per heavy atom. The standard InChI is InChI=1S/C29H24ClNO3/c1-2-19-10-12-21(13-11-19)27(32)17-29(34)25-16-23(30)14-15-26(25)31(28(29)33)18-22-8-5-7-20-6-3-4-9-24(20)22/h3-16,34H,2,17-18H2,1H3. The van der Waals surface area contributed by atoms with Gasteiger partial charge in [-0.15, -0.1) is 0 Å². The van der Waals surface area contributed by atoms with Crippen LogP contribution in [0.5, 0.6) is 0 Å². The average Bonchev–Trinajstić information content (AvgIpc) is 3.05. The van der Waals surface area contributed by atoms with Crippen molar-refractivity contribution in [2.24, 2.45) is 0 Å². The maximum Gasteiger partial charge on any atom is 0.264 e. The predicted molar refractivity (Wildman–Crippen MR) is 135 cm³/mol. The number of aliphatic hydroxyl groups is 1. The Kier molecular flexibility index (Phi) is 5.72. The molecule has 0 saturated heterocycles. The summed E-state index contributed by atoms with van der Waals surface area (Å²) in [5.74, 6) is -0.812. The molecule has 1 atom stereocenters. The van der Waals surface area contributed by atoms with Gasteiger partial charge in [-0.3, -0.25) is 9.59 Å². The van der Waals surface area contributed by atoms with E-state index in [0.717, 1.165) is 28.3 Å². The average molecular weight is 470 g/mol. The van der Waals surface area contributed by atoms with Crippen molar-refractivity contribution in [3.05, 3.63) is 112 Å². The quantitative estimate of drug-likeness (QED) is 0.349. The van der Waals surface area contributed by atoms with Crippen LogP contribution >= 0.6 is 11.6 Å². The minimum absolute atomic E-state index is 0.274. The first kappa shape index (κ1) is 22.3. The minimum Gasteiger partial charge on any atom is -0.375 e. The number of halogens is 1. The van der Waals surface area contributed by atoms with Crippen molar-refractivity contribution in [1.82, 2.24) is 0 Å². The van der Waals surface area contributed by atoms with Crippen LogP contribution in [-0.4, -0.2) is 16.8 Å². The Bertz CT molecular complexity index is 1410. The molecule has 34 heavy (non-hydrogen) atoms. The Morgan fingerprint density at radius 3 is 2.47 bits per heavy atom. The first-order valence-corrected chi connectivity index (χ1v) is 11.7. The number of ketones is 1. The maximum atomic E-state index is 13.7. The van der Waals surface area contributed by atoms with Crippen LogP contribution in [0.15, 0.2) is 84.9 Å². The molecule has 1 aliphatic heterocycles. The number of fused-ring (bicyclic) bond motifs is 2. The molecular weight excluding hydrogens is 446 g/mol. The van der Waals surface area contributed by atoms with Gasteiger partial charge in [-0.25, -0.2) is 0 Å². The number of anilines is 1. The van der Waals surface area contributed by atoms with Gasteiger partial charge in [-0.1, -0.05) is 85.3 Å². The Labute approximate surface area is 203 Å². The Morgan fingerprint density at radius 1 is 0.971 bits per heavy atom. The van der Waals surface area contributed by atoms with E-state index in [2.05, 4.69) is 0 Å². The number of carbonyl (C=O) groups is 2. The number of aryl methyl sites for hydroxylation is 1. The zero-order chi connectivity index (χ0) is 23.9. The van der Waals surface area contributed by atoms with Gasteiger partial charge in [0.05, 0.1) is 18.7 Å². The van der Waals surface area contributed by atoms with Crippen LogP contribution in [0.2, 0.25) is 5.02 Å². The predicted octanol–water partition coefficient (Wildman–Crippen LogP) is 6.06. The van der Waals surface area contributed by atoms with Crippen molar-refractivity contribution in [3.63, 3.8) is 0 Å². The van der Waals surface area contributed by atoms with Crippen LogP contribution in [-0.2, 0) is 23.4 Å². The molecule has 1 N–H and O–H groups in total. The third-order valence-electron chi connectivity index (χ3n) is 6.60. The molecule has 4 aromatic rings. The SMILES string of the molecule is CCc1ccc(C(=O)CC2(O)C(=O)N(Cc3cccc4ccccc34)c3ccc(Cl)cc32)cc1. The largest absolute Gasteiger partial charge is 0.375 e. The molecule has 0 fully saturated rings. The highest BCUT2D eigenvalue weighted by atomic mass is 35.5. The molecule has 1 unspecified atom stereocenters. The van der Waals surface area contributed by atoms with E-state index in [4.69, 9.17) is 11.6 Å². The van der Waals surface area contributed by atoms with E-state index in [1.807, 2.05) is 61.5 Å². The first-order valence-electron chi connectivity index (χ1n) is 11.3. The second kappa shape index (κ2) is 8.71. The summed E-state index contributed by atoms with van der Waals surface area (Å²) in [4.78, 5) is 28.4. The second-order valence-corrected chi connectivity index (χ2v) is 9.14. The Hall–Kier alpha value is -3.47. The number of hydrogen-bond acceptors (Lipinski definition) is 3. The van der Waals surface area contributed by atoms with E-state index in [1.165, 1.54) is 0 Å². The molecule has 170 valence electrons. The monoisotopic (exact) mass is 469 g/mol. The molecule has 1 aliphatic rings. The number of rotatable bonds is 6. The molecule has 0 saturated carbocycles. The normalized spacial score (nSPS) is 17.3. The molecule has 5 heteroatoms. The molecule has 0 aliphatic carbocycles.